The first-order valence-electron chi connectivity index (χ1n) is 8.89. The first kappa shape index (κ1) is 15.8. The van der Waals surface area contributed by atoms with Crippen LogP contribution in [0, 0.1) is 0 Å². The SMILES string of the molecule is CCCC[P@@]1Cc2ccccc2C1[C@H]1c2ccccc2CP1C. The fraction of sp³-hybridized carbons (Fsp3) is 0.429. The lowest BCUT2D eigenvalue weighted by Crippen LogP contribution is -2.05. The molecule has 0 aliphatic carbocycles. The normalized spacial score (nSPS) is 28.6. The highest BCUT2D eigenvalue weighted by Crippen LogP contribution is 2.74. The van der Waals surface area contributed by atoms with Gasteiger partial charge in [-0.15, -0.1) is 0 Å². The molecule has 0 aromatic heterocycles. The number of hydrogen-bond donors (Lipinski definition) is 0. The van der Waals surface area contributed by atoms with Crippen LogP contribution >= 0.6 is 15.8 Å². The van der Waals surface area contributed by atoms with Crippen LogP contribution in [0.15, 0.2) is 48.5 Å². The van der Waals surface area contributed by atoms with E-state index < -0.39 is 0 Å². The van der Waals surface area contributed by atoms with Gasteiger partial charge in [0.2, 0.25) is 0 Å². The third kappa shape index (κ3) is 2.79. The van der Waals surface area contributed by atoms with Crippen LogP contribution in [0.1, 0.15) is 53.3 Å². The molecule has 120 valence electrons. The minimum Gasteiger partial charge on any atom is -0.0967 e. The molecule has 2 heterocycles. The molecule has 2 heteroatoms. The van der Waals surface area contributed by atoms with Crippen molar-refractivity contribution in [2.24, 2.45) is 0 Å². The van der Waals surface area contributed by atoms with Crippen LogP contribution < -0.4 is 0 Å². The van der Waals surface area contributed by atoms with Gasteiger partial charge in [0.25, 0.3) is 0 Å². The summed E-state index contributed by atoms with van der Waals surface area (Å²) in [5.41, 5.74) is 8.33. The molecule has 2 aliphatic heterocycles. The Morgan fingerprint density at radius 2 is 1.48 bits per heavy atom. The topological polar surface area (TPSA) is 0 Å². The van der Waals surface area contributed by atoms with Crippen LogP contribution in [0.4, 0.5) is 0 Å². The number of benzene rings is 2. The molecule has 2 aromatic carbocycles. The van der Waals surface area contributed by atoms with E-state index in [1.54, 1.807) is 22.3 Å². The van der Waals surface area contributed by atoms with E-state index in [2.05, 4.69) is 62.1 Å². The quantitative estimate of drug-likeness (QED) is 0.532. The first-order chi connectivity index (χ1) is 11.3. The Kier molecular flexibility index (Phi) is 4.58. The van der Waals surface area contributed by atoms with E-state index in [-0.39, 0.29) is 15.8 Å². The molecule has 23 heavy (non-hydrogen) atoms. The summed E-state index contributed by atoms with van der Waals surface area (Å²) in [5.74, 6) is 0. The van der Waals surface area contributed by atoms with Crippen LogP contribution in [0.2, 0.25) is 0 Å². The van der Waals surface area contributed by atoms with Crippen molar-refractivity contribution in [2.75, 3.05) is 12.8 Å². The predicted octanol–water partition coefficient (Wildman–Crippen LogP) is 6.89. The Balaban J connectivity index is 1.75. The lowest BCUT2D eigenvalue weighted by atomic mass is 9.98. The Labute approximate surface area is 143 Å². The lowest BCUT2D eigenvalue weighted by Gasteiger charge is -2.31. The summed E-state index contributed by atoms with van der Waals surface area (Å²) in [6.07, 6.45) is 6.92. The van der Waals surface area contributed by atoms with Gasteiger partial charge in [0, 0.05) is 11.3 Å². The molecule has 0 spiro atoms. The number of unbranched alkanes of at least 4 members (excludes halogenated alkanes) is 1. The molecule has 2 aromatic rings. The first-order valence-corrected chi connectivity index (χ1v) is 12.7. The summed E-state index contributed by atoms with van der Waals surface area (Å²) in [5, 5.41) is 0. The third-order valence-corrected chi connectivity index (χ3v) is 11.1. The number of rotatable bonds is 4. The van der Waals surface area contributed by atoms with E-state index in [4.69, 9.17) is 0 Å². The Morgan fingerprint density at radius 3 is 2.17 bits per heavy atom. The van der Waals surface area contributed by atoms with Crippen molar-refractivity contribution in [1.29, 1.82) is 0 Å². The second kappa shape index (κ2) is 6.66. The van der Waals surface area contributed by atoms with Crippen LogP contribution in [-0.4, -0.2) is 12.8 Å². The summed E-state index contributed by atoms with van der Waals surface area (Å²) in [6, 6.07) is 18.6. The molecule has 4 atom stereocenters. The minimum absolute atomic E-state index is 0.0838. The molecule has 0 radical (unpaired) electrons. The molecule has 0 amide bonds. The van der Waals surface area contributed by atoms with Gasteiger partial charge in [-0.05, 0) is 53.8 Å². The zero-order valence-electron chi connectivity index (χ0n) is 14.2. The van der Waals surface area contributed by atoms with Gasteiger partial charge in [0.1, 0.15) is 0 Å². The molecule has 0 fully saturated rings. The summed E-state index contributed by atoms with van der Waals surface area (Å²) in [7, 11) is 0.197. The second-order valence-electron chi connectivity index (χ2n) is 7.03. The Morgan fingerprint density at radius 1 is 0.870 bits per heavy atom. The summed E-state index contributed by atoms with van der Waals surface area (Å²) < 4.78 is 0. The minimum atomic E-state index is 0.0838. The van der Waals surface area contributed by atoms with E-state index >= 15 is 0 Å². The smallest absolute Gasteiger partial charge is 0.0156 e. The van der Waals surface area contributed by atoms with Crippen LogP contribution in [0.25, 0.3) is 0 Å². The molecule has 2 unspecified atom stereocenters. The van der Waals surface area contributed by atoms with Crippen molar-refractivity contribution in [2.45, 2.75) is 43.4 Å². The molecular weight excluding hydrogens is 314 g/mol. The van der Waals surface area contributed by atoms with Crippen molar-refractivity contribution in [1.82, 2.24) is 0 Å². The number of hydrogen-bond acceptors (Lipinski definition) is 0. The average molecular weight is 340 g/mol. The molecule has 4 rings (SSSR count). The van der Waals surface area contributed by atoms with Gasteiger partial charge in [0.15, 0.2) is 0 Å². The molecule has 0 bridgehead atoms. The maximum atomic E-state index is 2.55. The summed E-state index contributed by atoms with van der Waals surface area (Å²) in [4.78, 5) is 0. The monoisotopic (exact) mass is 340 g/mol. The van der Waals surface area contributed by atoms with Gasteiger partial charge >= 0.3 is 0 Å². The van der Waals surface area contributed by atoms with Crippen molar-refractivity contribution in [3.63, 3.8) is 0 Å². The molecule has 0 saturated heterocycles. The van der Waals surface area contributed by atoms with Gasteiger partial charge in [-0.2, -0.15) is 0 Å². The molecule has 0 N–H and O–H groups in total. The molecule has 0 nitrogen and oxygen atoms in total. The van der Waals surface area contributed by atoms with Crippen molar-refractivity contribution in [3.8, 4) is 0 Å². The maximum absolute atomic E-state index is 2.55. The van der Waals surface area contributed by atoms with Gasteiger partial charge in [-0.25, -0.2) is 0 Å². The molecule has 0 saturated carbocycles. The summed E-state index contributed by atoms with van der Waals surface area (Å²) >= 11 is 0. The summed E-state index contributed by atoms with van der Waals surface area (Å²) in [6.45, 7) is 4.89. The van der Waals surface area contributed by atoms with E-state index in [1.165, 1.54) is 31.3 Å². The highest BCUT2D eigenvalue weighted by Gasteiger charge is 2.42. The Bertz CT molecular complexity index is 694. The average Bonchev–Trinajstić information content (AvgIpc) is 3.09. The molecule has 2 aliphatic rings. The lowest BCUT2D eigenvalue weighted by molar-refractivity contribution is 0.861. The highest BCUT2D eigenvalue weighted by atomic mass is 31.1. The van der Waals surface area contributed by atoms with E-state index in [1.807, 2.05) is 0 Å². The van der Waals surface area contributed by atoms with Crippen LogP contribution in [0.3, 0.4) is 0 Å². The zero-order valence-corrected chi connectivity index (χ0v) is 16.0. The standard InChI is InChI=1S/C21H26P2/c1-3-4-13-23-15-17-10-6-8-12-19(17)21(23)20-18-11-7-5-9-16(18)14-22(20)2/h5-12,20-21H,3-4,13-15H2,1-2H3/t20-,21?,22?,23+/m1/s1. The fourth-order valence-electron chi connectivity index (χ4n) is 4.41. The largest absolute Gasteiger partial charge is 0.0967 e. The van der Waals surface area contributed by atoms with Crippen molar-refractivity contribution < 1.29 is 0 Å². The second-order valence-corrected chi connectivity index (χ2v) is 11.9. The van der Waals surface area contributed by atoms with Crippen molar-refractivity contribution >= 4 is 15.8 Å². The molecular formula is C21H26P2. The van der Waals surface area contributed by atoms with Crippen molar-refractivity contribution in [3.05, 3.63) is 70.8 Å². The van der Waals surface area contributed by atoms with Gasteiger partial charge in [-0.1, -0.05) is 77.7 Å². The van der Waals surface area contributed by atoms with E-state index in [9.17, 15) is 0 Å². The van der Waals surface area contributed by atoms with Crippen LogP contribution in [0.5, 0.6) is 0 Å². The fourth-order valence-corrected chi connectivity index (χ4v) is 11.3. The third-order valence-electron chi connectivity index (χ3n) is 5.51. The van der Waals surface area contributed by atoms with Crippen LogP contribution in [-0.2, 0) is 12.3 Å². The Hall–Kier alpha value is -0.700. The zero-order chi connectivity index (χ0) is 15.8. The van der Waals surface area contributed by atoms with Gasteiger partial charge in [-0.3, -0.25) is 0 Å². The highest BCUT2D eigenvalue weighted by molar-refractivity contribution is 7.61. The van der Waals surface area contributed by atoms with Gasteiger partial charge in [0.05, 0.1) is 0 Å². The van der Waals surface area contributed by atoms with E-state index in [0.29, 0.717) is 0 Å². The maximum Gasteiger partial charge on any atom is 0.0156 e. The predicted molar refractivity (Wildman–Crippen MR) is 105 cm³/mol. The van der Waals surface area contributed by atoms with Gasteiger partial charge < -0.3 is 0 Å². The van der Waals surface area contributed by atoms with E-state index in [0.717, 1.165) is 11.3 Å². The number of fused-ring (bicyclic) bond motifs is 2.